The number of carbonyl (C=O) groups is 1. The number of hydrogen-bond acceptors (Lipinski definition) is 3. The number of ether oxygens (including phenoxy) is 1. The molecule has 0 spiro atoms. The molecule has 1 heterocycles. The number of carbonyl (C=O) groups excluding carboxylic acids is 1. The van der Waals surface area contributed by atoms with Gasteiger partial charge in [-0.1, -0.05) is 12.1 Å². The normalized spacial score (nSPS) is 10.4. The lowest BCUT2D eigenvalue weighted by molar-refractivity contribution is 0.104. The third-order valence-corrected chi connectivity index (χ3v) is 4.89. The second kappa shape index (κ2) is 5.24. The summed E-state index contributed by atoms with van der Waals surface area (Å²) in [7, 11) is 1.61. The standard InChI is InChI=1S/C14H13BrO2S/c1-8-4-5-10(7-11(8)17-3)13(16)12-6-9(2)14(15)18-12/h4-7H,1-3H3. The molecule has 2 aromatic rings. The molecule has 0 saturated heterocycles. The van der Waals surface area contributed by atoms with Gasteiger partial charge in [-0.2, -0.15) is 0 Å². The molecule has 94 valence electrons. The average molecular weight is 325 g/mol. The smallest absolute Gasteiger partial charge is 0.203 e. The molecular weight excluding hydrogens is 312 g/mol. The van der Waals surface area contributed by atoms with Crippen molar-refractivity contribution in [2.45, 2.75) is 13.8 Å². The molecule has 0 N–H and O–H groups in total. The molecule has 0 bridgehead atoms. The van der Waals surface area contributed by atoms with E-state index in [0.717, 1.165) is 25.5 Å². The van der Waals surface area contributed by atoms with Crippen LogP contribution in [0.1, 0.15) is 26.4 Å². The first-order chi connectivity index (χ1) is 8.52. The van der Waals surface area contributed by atoms with Crippen LogP contribution < -0.4 is 4.74 Å². The van der Waals surface area contributed by atoms with E-state index < -0.39 is 0 Å². The van der Waals surface area contributed by atoms with E-state index in [9.17, 15) is 4.79 Å². The molecule has 1 aromatic heterocycles. The molecular formula is C14H13BrO2S. The molecule has 0 aliphatic carbocycles. The van der Waals surface area contributed by atoms with Gasteiger partial charge < -0.3 is 4.74 Å². The number of methoxy groups -OCH3 is 1. The molecule has 0 aliphatic rings. The predicted molar refractivity (Wildman–Crippen MR) is 77.9 cm³/mol. The molecule has 0 fully saturated rings. The van der Waals surface area contributed by atoms with E-state index in [2.05, 4.69) is 15.9 Å². The van der Waals surface area contributed by atoms with Gasteiger partial charge in [0.05, 0.1) is 15.8 Å². The van der Waals surface area contributed by atoms with Crippen molar-refractivity contribution < 1.29 is 9.53 Å². The van der Waals surface area contributed by atoms with Crippen molar-refractivity contribution in [3.63, 3.8) is 0 Å². The van der Waals surface area contributed by atoms with E-state index in [1.54, 1.807) is 13.2 Å². The zero-order chi connectivity index (χ0) is 13.3. The monoisotopic (exact) mass is 324 g/mol. The quantitative estimate of drug-likeness (QED) is 0.784. The van der Waals surface area contributed by atoms with Crippen molar-refractivity contribution in [1.82, 2.24) is 0 Å². The Bertz CT molecular complexity index is 582. The lowest BCUT2D eigenvalue weighted by Crippen LogP contribution is -2.00. The van der Waals surface area contributed by atoms with Crippen LogP contribution in [0.3, 0.4) is 0 Å². The summed E-state index contributed by atoms with van der Waals surface area (Å²) in [6, 6.07) is 7.44. The molecule has 18 heavy (non-hydrogen) atoms. The van der Waals surface area contributed by atoms with Gasteiger partial charge in [0, 0.05) is 5.56 Å². The van der Waals surface area contributed by atoms with Gasteiger partial charge in [0.1, 0.15) is 5.75 Å². The Kier molecular flexibility index (Phi) is 3.88. The third kappa shape index (κ3) is 2.49. The van der Waals surface area contributed by atoms with Gasteiger partial charge in [-0.3, -0.25) is 4.79 Å². The summed E-state index contributed by atoms with van der Waals surface area (Å²) < 4.78 is 6.25. The van der Waals surface area contributed by atoms with Crippen molar-refractivity contribution in [3.05, 3.63) is 49.6 Å². The first-order valence-electron chi connectivity index (χ1n) is 5.48. The largest absolute Gasteiger partial charge is 0.496 e. The van der Waals surface area contributed by atoms with Gasteiger partial charge in [0.2, 0.25) is 5.78 Å². The van der Waals surface area contributed by atoms with E-state index in [0.29, 0.717) is 5.56 Å². The summed E-state index contributed by atoms with van der Waals surface area (Å²) >= 11 is 4.90. The maximum atomic E-state index is 12.3. The van der Waals surface area contributed by atoms with Crippen LogP contribution in [-0.2, 0) is 0 Å². The topological polar surface area (TPSA) is 26.3 Å². The SMILES string of the molecule is COc1cc(C(=O)c2cc(C)c(Br)s2)ccc1C. The van der Waals surface area contributed by atoms with Crippen LogP contribution in [0.15, 0.2) is 28.1 Å². The maximum Gasteiger partial charge on any atom is 0.203 e. The highest BCUT2D eigenvalue weighted by Gasteiger charge is 2.14. The van der Waals surface area contributed by atoms with Crippen LogP contribution in [0, 0.1) is 13.8 Å². The van der Waals surface area contributed by atoms with Crippen LogP contribution in [-0.4, -0.2) is 12.9 Å². The number of ketones is 1. The Morgan fingerprint density at radius 3 is 2.50 bits per heavy atom. The highest BCUT2D eigenvalue weighted by Crippen LogP contribution is 2.30. The number of rotatable bonds is 3. The van der Waals surface area contributed by atoms with Gasteiger partial charge in [0.25, 0.3) is 0 Å². The van der Waals surface area contributed by atoms with Gasteiger partial charge in [-0.05, 0) is 53.0 Å². The Balaban J connectivity index is 2.39. The fourth-order valence-corrected chi connectivity index (χ4v) is 3.17. The van der Waals surface area contributed by atoms with Crippen LogP contribution in [0.25, 0.3) is 0 Å². The van der Waals surface area contributed by atoms with Crippen LogP contribution in [0.5, 0.6) is 5.75 Å². The summed E-state index contributed by atoms with van der Waals surface area (Å²) in [5.41, 5.74) is 2.77. The van der Waals surface area contributed by atoms with E-state index in [1.807, 2.05) is 32.0 Å². The summed E-state index contributed by atoms with van der Waals surface area (Å²) in [5, 5.41) is 0. The molecule has 4 heteroatoms. The van der Waals surface area contributed by atoms with Gasteiger partial charge in [-0.25, -0.2) is 0 Å². The third-order valence-electron chi connectivity index (χ3n) is 2.75. The van der Waals surface area contributed by atoms with Crippen molar-refractivity contribution in [1.29, 1.82) is 0 Å². The number of halogens is 1. The van der Waals surface area contributed by atoms with Crippen molar-refractivity contribution in [2.24, 2.45) is 0 Å². The fourth-order valence-electron chi connectivity index (χ4n) is 1.68. The van der Waals surface area contributed by atoms with E-state index in [1.165, 1.54) is 11.3 Å². The molecule has 0 atom stereocenters. The van der Waals surface area contributed by atoms with Gasteiger partial charge in [0.15, 0.2) is 0 Å². The second-order valence-corrected chi connectivity index (χ2v) is 6.45. The lowest BCUT2D eigenvalue weighted by atomic mass is 10.1. The summed E-state index contributed by atoms with van der Waals surface area (Å²) in [4.78, 5) is 13.1. The predicted octanol–water partition coefficient (Wildman–Crippen LogP) is 4.37. The summed E-state index contributed by atoms with van der Waals surface area (Å²) in [6.07, 6.45) is 0. The van der Waals surface area contributed by atoms with E-state index >= 15 is 0 Å². The molecule has 0 amide bonds. The first kappa shape index (κ1) is 13.3. The second-order valence-electron chi connectivity index (χ2n) is 4.08. The van der Waals surface area contributed by atoms with Gasteiger partial charge in [-0.15, -0.1) is 11.3 Å². The molecule has 2 nitrogen and oxygen atoms in total. The summed E-state index contributed by atoms with van der Waals surface area (Å²) in [5.74, 6) is 0.778. The molecule has 0 saturated carbocycles. The number of aryl methyl sites for hydroxylation is 2. The zero-order valence-corrected chi connectivity index (χ0v) is 12.8. The minimum absolute atomic E-state index is 0.0344. The van der Waals surface area contributed by atoms with Crippen molar-refractivity contribution in [2.75, 3.05) is 7.11 Å². The average Bonchev–Trinajstić information content (AvgIpc) is 2.69. The molecule has 0 unspecified atom stereocenters. The van der Waals surface area contributed by atoms with E-state index in [4.69, 9.17) is 4.74 Å². The van der Waals surface area contributed by atoms with Crippen molar-refractivity contribution >= 4 is 33.0 Å². The van der Waals surface area contributed by atoms with E-state index in [-0.39, 0.29) is 5.78 Å². The summed E-state index contributed by atoms with van der Waals surface area (Å²) in [6.45, 7) is 3.94. The Labute approximate surface area is 119 Å². The van der Waals surface area contributed by atoms with Crippen molar-refractivity contribution in [3.8, 4) is 5.75 Å². The maximum absolute atomic E-state index is 12.3. The first-order valence-corrected chi connectivity index (χ1v) is 7.09. The molecule has 0 aliphatic heterocycles. The molecule has 2 rings (SSSR count). The van der Waals surface area contributed by atoms with Crippen LogP contribution in [0.2, 0.25) is 0 Å². The Morgan fingerprint density at radius 1 is 1.22 bits per heavy atom. The fraction of sp³-hybridized carbons (Fsp3) is 0.214. The Morgan fingerprint density at radius 2 is 1.94 bits per heavy atom. The molecule has 0 radical (unpaired) electrons. The lowest BCUT2D eigenvalue weighted by Gasteiger charge is -2.06. The van der Waals surface area contributed by atoms with Crippen LogP contribution >= 0.6 is 27.3 Å². The van der Waals surface area contributed by atoms with Crippen LogP contribution in [0.4, 0.5) is 0 Å². The number of hydrogen-bond donors (Lipinski definition) is 0. The zero-order valence-electron chi connectivity index (χ0n) is 10.4. The number of thiophene rings is 1. The minimum atomic E-state index is 0.0344. The highest BCUT2D eigenvalue weighted by molar-refractivity contribution is 9.11. The molecule has 1 aromatic carbocycles. The Hall–Kier alpha value is -1.13. The van der Waals surface area contributed by atoms with Gasteiger partial charge >= 0.3 is 0 Å². The number of benzene rings is 1. The minimum Gasteiger partial charge on any atom is -0.496 e. The highest BCUT2D eigenvalue weighted by atomic mass is 79.9.